The molecule has 0 amide bonds. The summed E-state index contributed by atoms with van der Waals surface area (Å²) >= 11 is 0. The first-order chi connectivity index (χ1) is 8.38. The molecule has 92 valence electrons. The maximum absolute atomic E-state index is 3.52. The summed E-state index contributed by atoms with van der Waals surface area (Å²) in [5.41, 5.74) is 3.07. The predicted octanol–water partition coefficient (Wildman–Crippen LogP) is 2.53. The van der Waals surface area contributed by atoms with Crippen LogP contribution < -0.4 is 5.32 Å². The first-order valence-electron chi connectivity index (χ1n) is 6.86. The van der Waals surface area contributed by atoms with Gasteiger partial charge in [-0.3, -0.25) is 4.90 Å². The number of rotatable bonds is 2. The molecule has 2 nitrogen and oxygen atoms in total. The second-order valence-electron chi connectivity index (χ2n) is 5.42. The highest BCUT2D eigenvalue weighted by Gasteiger charge is 2.32. The maximum atomic E-state index is 3.52. The summed E-state index contributed by atoms with van der Waals surface area (Å²) in [6.45, 7) is 2.30. The van der Waals surface area contributed by atoms with Crippen LogP contribution in [0.4, 0.5) is 0 Å². The van der Waals surface area contributed by atoms with Crippen LogP contribution in [0.25, 0.3) is 0 Å². The van der Waals surface area contributed by atoms with Crippen molar-refractivity contribution in [2.24, 2.45) is 0 Å². The Bertz CT molecular complexity index is 363. The topological polar surface area (TPSA) is 15.3 Å². The second kappa shape index (κ2) is 4.79. The number of hydrogen-bond donors (Lipinski definition) is 1. The molecule has 0 aromatic heterocycles. The Morgan fingerprint density at radius 1 is 1.06 bits per heavy atom. The van der Waals surface area contributed by atoms with Gasteiger partial charge in [0.25, 0.3) is 0 Å². The summed E-state index contributed by atoms with van der Waals surface area (Å²) in [7, 11) is 2.12. The van der Waals surface area contributed by atoms with Gasteiger partial charge in [-0.25, -0.2) is 0 Å². The standard InChI is InChI=1S/C15H22N2/c1-16-14-8-4-5-9-15(14)17-10-12-6-2-3-7-13(12)11-17/h2-3,6-7,14-16H,4-5,8-11H2,1H3. The molecule has 3 rings (SSSR count). The number of hydrogen-bond acceptors (Lipinski definition) is 2. The number of benzene rings is 1. The van der Waals surface area contributed by atoms with Gasteiger partial charge < -0.3 is 5.32 Å². The Morgan fingerprint density at radius 3 is 2.35 bits per heavy atom. The SMILES string of the molecule is CNC1CCCCC1N1Cc2ccccc2C1. The van der Waals surface area contributed by atoms with Gasteiger partial charge >= 0.3 is 0 Å². The molecule has 2 heteroatoms. The van der Waals surface area contributed by atoms with Crippen LogP contribution in [-0.2, 0) is 13.1 Å². The van der Waals surface area contributed by atoms with Crippen LogP contribution in [0.5, 0.6) is 0 Å². The fraction of sp³-hybridized carbons (Fsp3) is 0.600. The molecule has 2 aliphatic rings. The lowest BCUT2D eigenvalue weighted by Crippen LogP contribution is -2.48. The molecule has 0 saturated heterocycles. The number of nitrogens with zero attached hydrogens (tertiary/aromatic N) is 1. The van der Waals surface area contributed by atoms with Gasteiger partial charge in [0.15, 0.2) is 0 Å². The zero-order chi connectivity index (χ0) is 11.7. The monoisotopic (exact) mass is 230 g/mol. The molecular weight excluding hydrogens is 208 g/mol. The summed E-state index contributed by atoms with van der Waals surface area (Å²) < 4.78 is 0. The summed E-state index contributed by atoms with van der Waals surface area (Å²) in [5.74, 6) is 0. The van der Waals surface area contributed by atoms with Crippen LogP contribution >= 0.6 is 0 Å². The van der Waals surface area contributed by atoms with Crippen molar-refractivity contribution in [1.82, 2.24) is 10.2 Å². The Kier molecular flexibility index (Phi) is 3.17. The quantitative estimate of drug-likeness (QED) is 0.840. The molecule has 0 bridgehead atoms. The Hall–Kier alpha value is -0.860. The highest BCUT2D eigenvalue weighted by atomic mass is 15.2. The van der Waals surface area contributed by atoms with Crippen LogP contribution in [-0.4, -0.2) is 24.0 Å². The van der Waals surface area contributed by atoms with Crippen LogP contribution in [0, 0.1) is 0 Å². The van der Waals surface area contributed by atoms with E-state index >= 15 is 0 Å². The molecule has 17 heavy (non-hydrogen) atoms. The summed E-state index contributed by atoms with van der Waals surface area (Å²) in [5, 5.41) is 3.52. The fourth-order valence-corrected chi connectivity index (χ4v) is 3.48. The van der Waals surface area contributed by atoms with Gasteiger partial charge in [-0.1, -0.05) is 37.1 Å². The molecule has 1 fully saturated rings. The molecule has 0 radical (unpaired) electrons. The minimum absolute atomic E-state index is 0.693. The third kappa shape index (κ3) is 2.12. The van der Waals surface area contributed by atoms with E-state index in [1.54, 1.807) is 0 Å². The van der Waals surface area contributed by atoms with Gasteiger partial charge in [0, 0.05) is 25.2 Å². The zero-order valence-corrected chi connectivity index (χ0v) is 10.7. The zero-order valence-electron chi connectivity index (χ0n) is 10.7. The van der Waals surface area contributed by atoms with Gasteiger partial charge in [0.1, 0.15) is 0 Å². The van der Waals surface area contributed by atoms with Crippen LogP contribution in [0.2, 0.25) is 0 Å². The molecule has 2 unspecified atom stereocenters. The van der Waals surface area contributed by atoms with Crippen molar-refractivity contribution in [3.05, 3.63) is 35.4 Å². The largest absolute Gasteiger partial charge is 0.315 e. The molecule has 0 spiro atoms. The van der Waals surface area contributed by atoms with Crippen molar-refractivity contribution in [2.75, 3.05) is 7.05 Å². The van der Waals surface area contributed by atoms with Gasteiger partial charge in [-0.2, -0.15) is 0 Å². The van der Waals surface area contributed by atoms with Gasteiger partial charge in [0.05, 0.1) is 0 Å². The van der Waals surface area contributed by atoms with Crippen LogP contribution in [0.3, 0.4) is 0 Å². The smallest absolute Gasteiger partial charge is 0.0256 e. The Balaban J connectivity index is 1.74. The molecule has 1 N–H and O–H groups in total. The van der Waals surface area contributed by atoms with Crippen LogP contribution in [0.15, 0.2) is 24.3 Å². The second-order valence-corrected chi connectivity index (χ2v) is 5.42. The lowest BCUT2D eigenvalue weighted by Gasteiger charge is -2.37. The van der Waals surface area contributed by atoms with Crippen molar-refractivity contribution >= 4 is 0 Å². The average Bonchev–Trinajstić information content (AvgIpc) is 2.82. The molecule has 2 atom stereocenters. The van der Waals surface area contributed by atoms with Crippen molar-refractivity contribution in [3.63, 3.8) is 0 Å². The predicted molar refractivity (Wildman–Crippen MR) is 70.8 cm³/mol. The third-order valence-corrected chi connectivity index (χ3v) is 4.43. The lowest BCUT2D eigenvalue weighted by atomic mass is 9.89. The van der Waals surface area contributed by atoms with E-state index in [0.29, 0.717) is 6.04 Å². The Morgan fingerprint density at radius 2 is 1.71 bits per heavy atom. The lowest BCUT2D eigenvalue weighted by molar-refractivity contribution is 0.124. The van der Waals surface area contributed by atoms with E-state index in [-0.39, 0.29) is 0 Å². The molecule has 1 aliphatic heterocycles. The molecule has 1 aromatic carbocycles. The normalized spacial score (nSPS) is 29.2. The van der Waals surface area contributed by atoms with Crippen LogP contribution in [0.1, 0.15) is 36.8 Å². The first-order valence-corrected chi connectivity index (χ1v) is 6.86. The minimum atomic E-state index is 0.693. The van der Waals surface area contributed by atoms with E-state index in [1.807, 2.05) is 0 Å². The summed E-state index contributed by atoms with van der Waals surface area (Å²) in [4.78, 5) is 2.67. The minimum Gasteiger partial charge on any atom is -0.315 e. The van der Waals surface area contributed by atoms with Crippen molar-refractivity contribution in [3.8, 4) is 0 Å². The summed E-state index contributed by atoms with van der Waals surface area (Å²) in [6.07, 6.45) is 5.49. The van der Waals surface area contributed by atoms with Gasteiger partial charge in [-0.05, 0) is 31.0 Å². The molecule has 1 aromatic rings. The summed E-state index contributed by atoms with van der Waals surface area (Å²) in [6, 6.07) is 10.3. The molecule has 1 aliphatic carbocycles. The maximum Gasteiger partial charge on any atom is 0.0256 e. The van der Waals surface area contributed by atoms with E-state index in [9.17, 15) is 0 Å². The average molecular weight is 230 g/mol. The first kappa shape index (κ1) is 11.2. The number of fused-ring (bicyclic) bond motifs is 1. The van der Waals surface area contributed by atoms with Crippen molar-refractivity contribution in [1.29, 1.82) is 0 Å². The van der Waals surface area contributed by atoms with Gasteiger partial charge in [-0.15, -0.1) is 0 Å². The fourth-order valence-electron chi connectivity index (χ4n) is 3.48. The van der Waals surface area contributed by atoms with Crippen molar-refractivity contribution in [2.45, 2.75) is 50.9 Å². The molecule has 1 heterocycles. The van der Waals surface area contributed by atoms with E-state index < -0.39 is 0 Å². The van der Waals surface area contributed by atoms with E-state index in [2.05, 4.69) is 41.5 Å². The number of nitrogens with one attached hydrogen (secondary N) is 1. The van der Waals surface area contributed by atoms with E-state index in [0.717, 1.165) is 19.1 Å². The third-order valence-electron chi connectivity index (χ3n) is 4.43. The van der Waals surface area contributed by atoms with Crippen molar-refractivity contribution < 1.29 is 0 Å². The van der Waals surface area contributed by atoms with E-state index in [4.69, 9.17) is 0 Å². The highest BCUT2D eigenvalue weighted by Crippen LogP contribution is 2.30. The number of likely N-dealkylation sites (N-methyl/N-ethyl adjacent to an activating group) is 1. The van der Waals surface area contributed by atoms with Gasteiger partial charge in [0.2, 0.25) is 0 Å². The Labute approximate surface area is 104 Å². The molecule has 1 saturated carbocycles. The molecular formula is C15H22N2. The highest BCUT2D eigenvalue weighted by molar-refractivity contribution is 5.30. The van der Waals surface area contributed by atoms with E-state index in [1.165, 1.54) is 36.8 Å².